The molecule has 0 unspecified atom stereocenters. The molecule has 78 valence electrons. The van der Waals surface area contributed by atoms with Crippen LogP contribution in [0.4, 0.5) is 0 Å². The van der Waals surface area contributed by atoms with Crippen LogP contribution in [-0.4, -0.2) is 6.61 Å². The minimum Gasteiger partial charge on any atom is -0.345 e. The zero-order chi connectivity index (χ0) is 10.6. The van der Waals surface area contributed by atoms with Gasteiger partial charge in [-0.15, -0.1) is 0 Å². The summed E-state index contributed by atoms with van der Waals surface area (Å²) in [6.07, 6.45) is 22.5. The maximum Gasteiger partial charge on any atom is 0.129 e. The molecule has 0 bridgehead atoms. The zero-order valence-electron chi connectivity index (χ0n) is 8.45. The minimum atomic E-state index is 0.431. The maximum absolute atomic E-state index is 4.83. The Morgan fingerprint density at radius 1 is 0.600 bits per heavy atom. The molecule has 1 rings (SSSR count). The van der Waals surface area contributed by atoms with Gasteiger partial charge in [-0.05, 0) is 6.08 Å². The molecule has 0 atom stereocenters. The Labute approximate surface area is 90.1 Å². The fraction of sp³-hybridized carbons (Fsp3) is 0.0769. The predicted molar refractivity (Wildman–Crippen MR) is 61.9 cm³/mol. The highest BCUT2D eigenvalue weighted by Crippen LogP contribution is 1.88. The summed E-state index contributed by atoms with van der Waals surface area (Å²) >= 11 is 0. The van der Waals surface area contributed by atoms with Crippen molar-refractivity contribution in [2.45, 2.75) is 0 Å². The van der Waals surface area contributed by atoms with E-state index in [0.717, 1.165) is 0 Å². The second kappa shape index (κ2) is 8.78. The Kier molecular flexibility index (Phi) is 6.60. The van der Waals surface area contributed by atoms with Crippen molar-refractivity contribution < 1.29 is 9.78 Å². The zero-order valence-corrected chi connectivity index (χ0v) is 8.45. The van der Waals surface area contributed by atoms with Crippen molar-refractivity contribution in [3.05, 3.63) is 73.1 Å². The van der Waals surface area contributed by atoms with Crippen LogP contribution >= 0.6 is 0 Å². The number of rotatable bonds is 0. The van der Waals surface area contributed by atoms with E-state index in [2.05, 4.69) is 0 Å². The molecule has 2 heteroatoms. The molecular weight excluding hydrogens is 188 g/mol. The van der Waals surface area contributed by atoms with Crippen LogP contribution in [0.25, 0.3) is 0 Å². The number of allylic oxidation sites excluding steroid dienone is 10. The van der Waals surface area contributed by atoms with Crippen LogP contribution in [0.2, 0.25) is 0 Å². The van der Waals surface area contributed by atoms with Gasteiger partial charge in [0, 0.05) is 0 Å². The fourth-order valence-corrected chi connectivity index (χ4v) is 0.843. The highest BCUT2D eigenvalue weighted by molar-refractivity contribution is 5.19. The lowest BCUT2D eigenvalue weighted by Gasteiger charge is -1.93. The van der Waals surface area contributed by atoms with E-state index in [0.29, 0.717) is 6.61 Å². The predicted octanol–water partition coefficient (Wildman–Crippen LogP) is 3.24. The van der Waals surface area contributed by atoms with Gasteiger partial charge in [0.15, 0.2) is 0 Å². The van der Waals surface area contributed by atoms with Gasteiger partial charge in [0.2, 0.25) is 0 Å². The topological polar surface area (TPSA) is 18.5 Å². The number of hydrogen-bond donors (Lipinski definition) is 0. The monoisotopic (exact) mass is 202 g/mol. The Bertz CT molecular complexity index is 285. The summed E-state index contributed by atoms with van der Waals surface area (Å²) in [5, 5.41) is 0. The maximum atomic E-state index is 4.83. The van der Waals surface area contributed by atoms with E-state index in [-0.39, 0.29) is 0 Å². The van der Waals surface area contributed by atoms with Crippen molar-refractivity contribution in [3.63, 3.8) is 0 Å². The summed E-state index contributed by atoms with van der Waals surface area (Å²) in [7, 11) is 0. The Balaban J connectivity index is 2.51. The Morgan fingerprint density at radius 3 is 1.80 bits per heavy atom. The van der Waals surface area contributed by atoms with Crippen molar-refractivity contribution in [3.8, 4) is 0 Å². The van der Waals surface area contributed by atoms with Crippen LogP contribution in [0.15, 0.2) is 73.1 Å². The Hall–Kier alpha value is -1.80. The SMILES string of the molecule is C1=C\C=C/C=C\COO\C=C/C=C\C=C/1. The van der Waals surface area contributed by atoms with Gasteiger partial charge in [0.1, 0.15) is 12.9 Å². The van der Waals surface area contributed by atoms with Gasteiger partial charge >= 0.3 is 0 Å². The van der Waals surface area contributed by atoms with Crippen molar-refractivity contribution in [2.75, 3.05) is 6.61 Å². The van der Waals surface area contributed by atoms with E-state index in [9.17, 15) is 0 Å². The van der Waals surface area contributed by atoms with Gasteiger partial charge < -0.3 is 4.89 Å². The first-order valence-electron chi connectivity index (χ1n) is 4.77. The molecule has 0 spiro atoms. The highest BCUT2D eigenvalue weighted by Gasteiger charge is 1.76. The van der Waals surface area contributed by atoms with Crippen LogP contribution in [0.1, 0.15) is 0 Å². The average Bonchev–Trinajstić information content (AvgIpc) is 2.27. The van der Waals surface area contributed by atoms with Crippen LogP contribution in [0.5, 0.6) is 0 Å². The third-order valence-corrected chi connectivity index (χ3v) is 1.50. The summed E-state index contributed by atoms with van der Waals surface area (Å²) in [6, 6.07) is 0. The van der Waals surface area contributed by atoms with Crippen molar-refractivity contribution in [2.24, 2.45) is 0 Å². The standard InChI is InChI=1S/C13H14O2/c1-2-4-6-8-10-12-14-15-13-11-9-7-5-3-1/h1-12H,13H2/b3-1-,4-2-,7-5-,8-6-,11-9-,12-10-. The quantitative estimate of drug-likeness (QED) is 0.561. The van der Waals surface area contributed by atoms with Gasteiger partial charge in [-0.3, -0.25) is 0 Å². The average molecular weight is 202 g/mol. The number of hydrogen-bond acceptors (Lipinski definition) is 2. The molecule has 0 fully saturated rings. The second-order valence-corrected chi connectivity index (χ2v) is 2.68. The Morgan fingerprint density at radius 2 is 1.13 bits per heavy atom. The molecular formula is C13H14O2. The molecule has 0 aromatic carbocycles. The van der Waals surface area contributed by atoms with E-state index in [1.807, 2.05) is 60.8 Å². The van der Waals surface area contributed by atoms with Gasteiger partial charge in [-0.1, -0.05) is 60.8 Å². The molecule has 2 nitrogen and oxygen atoms in total. The van der Waals surface area contributed by atoms with E-state index in [4.69, 9.17) is 9.78 Å². The van der Waals surface area contributed by atoms with Crippen LogP contribution in [0.3, 0.4) is 0 Å². The molecule has 0 saturated heterocycles. The lowest BCUT2D eigenvalue weighted by molar-refractivity contribution is -0.238. The molecule has 15 heavy (non-hydrogen) atoms. The van der Waals surface area contributed by atoms with Gasteiger partial charge in [-0.2, -0.15) is 4.89 Å². The minimum absolute atomic E-state index is 0.431. The van der Waals surface area contributed by atoms with Crippen molar-refractivity contribution in [1.82, 2.24) is 0 Å². The third kappa shape index (κ3) is 7.28. The van der Waals surface area contributed by atoms with Gasteiger partial charge in [-0.25, -0.2) is 0 Å². The van der Waals surface area contributed by atoms with Crippen molar-refractivity contribution in [1.29, 1.82) is 0 Å². The molecule has 1 aliphatic heterocycles. The van der Waals surface area contributed by atoms with E-state index >= 15 is 0 Å². The molecule has 0 aromatic rings. The molecule has 0 radical (unpaired) electrons. The van der Waals surface area contributed by atoms with E-state index in [1.165, 1.54) is 6.26 Å². The van der Waals surface area contributed by atoms with Gasteiger partial charge in [0.25, 0.3) is 0 Å². The molecule has 1 heterocycles. The molecule has 0 N–H and O–H groups in total. The lowest BCUT2D eigenvalue weighted by atomic mass is 10.3. The highest BCUT2D eigenvalue weighted by atomic mass is 17.2. The molecule has 0 amide bonds. The molecule has 0 aromatic heterocycles. The summed E-state index contributed by atoms with van der Waals surface area (Å²) in [4.78, 5) is 9.60. The van der Waals surface area contributed by atoms with E-state index < -0.39 is 0 Å². The molecule has 1 aliphatic rings. The first-order valence-corrected chi connectivity index (χ1v) is 4.77. The van der Waals surface area contributed by atoms with Crippen molar-refractivity contribution >= 4 is 0 Å². The van der Waals surface area contributed by atoms with Crippen LogP contribution in [-0.2, 0) is 9.78 Å². The summed E-state index contributed by atoms with van der Waals surface area (Å²) in [5.74, 6) is 0. The first-order chi connectivity index (χ1) is 7.50. The smallest absolute Gasteiger partial charge is 0.129 e. The second-order valence-electron chi connectivity index (χ2n) is 2.68. The summed E-state index contributed by atoms with van der Waals surface area (Å²) in [5.41, 5.74) is 0. The normalized spacial score (nSPS) is 29.9. The van der Waals surface area contributed by atoms with Gasteiger partial charge in [0.05, 0.1) is 0 Å². The molecule has 0 aliphatic carbocycles. The lowest BCUT2D eigenvalue weighted by Crippen LogP contribution is -1.86. The largest absolute Gasteiger partial charge is 0.345 e. The fourth-order valence-electron chi connectivity index (χ4n) is 0.843. The summed E-state index contributed by atoms with van der Waals surface area (Å²) < 4.78 is 0. The molecule has 0 saturated carbocycles. The van der Waals surface area contributed by atoms with Crippen LogP contribution in [0, 0.1) is 0 Å². The van der Waals surface area contributed by atoms with E-state index in [1.54, 1.807) is 6.08 Å². The van der Waals surface area contributed by atoms with Crippen LogP contribution < -0.4 is 0 Å². The third-order valence-electron chi connectivity index (χ3n) is 1.50. The first kappa shape index (κ1) is 11.3. The summed E-state index contributed by atoms with van der Waals surface area (Å²) in [6.45, 7) is 0.431.